The zero-order valence-electron chi connectivity index (χ0n) is 16.0. The highest BCUT2D eigenvalue weighted by atomic mass is 32.2. The van der Waals surface area contributed by atoms with E-state index in [9.17, 15) is 23.3 Å². The van der Waals surface area contributed by atoms with Crippen molar-refractivity contribution >= 4 is 38.3 Å². The Kier molecular flexibility index (Phi) is 5.29. The number of sulfonamides is 1. The number of nitrogens with one attached hydrogen (secondary N) is 1. The van der Waals surface area contributed by atoms with Crippen LogP contribution >= 0.6 is 0 Å². The van der Waals surface area contributed by atoms with Gasteiger partial charge in [-0.25, -0.2) is 8.42 Å². The zero-order chi connectivity index (χ0) is 21.3. The Bertz CT molecular complexity index is 1230. The van der Waals surface area contributed by atoms with Crippen LogP contribution in [0.1, 0.15) is 11.1 Å². The predicted molar refractivity (Wildman–Crippen MR) is 107 cm³/mol. The molecule has 1 aromatic heterocycles. The molecule has 0 bridgehead atoms. The number of nitro benzene ring substituents is 1. The van der Waals surface area contributed by atoms with Gasteiger partial charge in [-0.1, -0.05) is 12.1 Å². The van der Waals surface area contributed by atoms with Crippen LogP contribution in [0.4, 0.5) is 11.4 Å². The molecule has 0 saturated carbocycles. The summed E-state index contributed by atoms with van der Waals surface area (Å²) in [5, 5.41) is 11.3. The van der Waals surface area contributed by atoms with Gasteiger partial charge in [-0.15, -0.1) is 0 Å². The SMILES string of the molecule is COC(=O)Cn1cc(S(=O)(=O)Nc2cc(C)ccc2C)c2cc([N+](=O)[O-])ccc21. The summed E-state index contributed by atoms with van der Waals surface area (Å²) in [7, 11) is -2.87. The summed E-state index contributed by atoms with van der Waals surface area (Å²) in [6.45, 7) is 3.37. The van der Waals surface area contributed by atoms with E-state index in [1.165, 1.54) is 36.1 Å². The lowest BCUT2D eigenvalue weighted by Crippen LogP contribution is -2.14. The number of aryl methyl sites for hydroxylation is 2. The molecular formula is C19H19N3O6S. The van der Waals surface area contributed by atoms with E-state index in [4.69, 9.17) is 0 Å². The number of ether oxygens (including phenoxy) is 1. The number of non-ortho nitro benzene ring substituents is 1. The van der Waals surface area contributed by atoms with E-state index in [-0.39, 0.29) is 22.5 Å². The standard InChI is InChI=1S/C19H19N3O6S/c1-12-4-5-13(2)16(8-12)20-29(26,27)18-10-21(11-19(23)28-3)17-7-6-14(22(24)25)9-15(17)18/h4-10,20H,11H2,1-3H3. The highest BCUT2D eigenvalue weighted by Gasteiger charge is 2.24. The van der Waals surface area contributed by atoms with Crippen LogP contribution in [0.5, 0.6) is 0 Å². The van der Waals surface area contributed by atoms with Gasteiger partial charge < -0.3 is 9.30 Å². The van der Waals surface area contributed by atoms with E-state index >= 15 is 0 Å². The predicted octanol–water partition coefficient (Wildman–Crippen LogP) is 3.14. The molecule has 0 unspecified atom stereocenters. The Balaban J connectivity index is 2.17. The molecule has 29 heavy (non-hydrogen) atoms. The van der Waals surface area contributed by atoms with Crippen LogP contribution in [0.15, 0.2) is 47.5 Å². The van der Waals surface area contributed by atoms with E-state index in [0.717, 1.165) is 11.1 Å². The molecule has 2 aromatic carbocycles. The van der Waals surface area contributed by atoms with Gasteiger partial charge in [0.15, 0.2) is 0 Å². The third kappa shape index (κ3) is 4.06. The van der Waals surface area contributed by atoms with Crippen LogP contribution in [0.3, 0.4) is 0 Å². The van der Waals surface area contributed by atoms with Crippen LogP contribution < -0.4 is 4.72 Å². The lowest BCUT2D eigenvalue weighted by Gasteiger charge is -2.10. The first-order valence-corrected chi connectivity index (χ1v) is 10.0. The van der Waals surface area contributed by atoms with Crippen molar-refractivity contribution in [2.45, 2.75) is 25.3 Å². The Morgan fingerprint density at radius 1 is 1.21 bits per heavy atom. The minimum Gasteiger partial charge on any atom is -0.468 e. The summed E-state index contributed by atoms with van der Waals surface area (Å²) >= 11 is 0. The molecule has 152 valence electrons. The van der Waals surface area contributed by atoms with Crippen molar-refractivity contribution in [3.63, 3.8) is 0 Å². The highest BCUT2D eigenvalue weighted by molar-refractivity contribution is 7.93. The summed E-state index contributed by atoms with van der Waals surface area (Å²) in [6.07, 6.45) is 1.28. The van der Waals surface area contributed by atoms with E-state index in [0.29, 0.717) is 11.2 Å². The second kappa shape index (κ2) is 7.55. The van der Waals surface area contributed by atoms with E-state index in [2.05, 4.69) is 9.46 Å². The van der Waals surface area contributed by atoms with Gasteiger partial charge in [-0.3, -0.25) is 19.6 Å². The second-order valence-corrected chi connectivity index (χ2v) is 8.23. The Hall–Kier alpha value is -3.40. The van der Waals surface area contributed by atoms with Crippen molar-refractivity contribution in [1.29, 1.82) is 0 Å². The number of hydrogen-bond donors (Lipinski definition) is 1. The number of nitrogens with zero attached hydrogens (tertiary/aromatic N) is 2. The minimum atomic E-state index is -4.09. The third-order valence-electron chi connectivity index (χ3n) is 4.49. The quantitative estimate of drug-likeness (QED) is 0.374. The van der Waals surface area contributed by atoms with Crippen LogP contribution in [-0.4, -0.2) is 31.0 Å². The minimum absolute atomic E-state index is 0.140. The van der Waals surface area contributed by atoms with Gasteiger partial charge in [-0.2, -0.15) is 0 Å². The number of methoxy groups -OCH3 is 1. The van der Waals surface area contributed by atoms with Gasteiger partial charge in [-0.05, 0) is 37.1 Å². The summed E-state index contributed by atoms with van der Waals surface area (Å²) in [5.74, 6) is -0.577. The maximum Gasteiger partial charge on any atom is 0.325 e. The molecule has 9 nitrogen and oxygen atoms in total. The number of rotatable bonds is 6. The third-order valence-corrected chi connectivity index (χ3v) is 5.89. The number of carbonyl (C=O) groups excluding carboxylic acids is 1. The molecule has 1 N–H and O–H groups in total. The van der Waals surface area contributed by atoms with Crippen molar-refractivity contribution in [2.75, 3.05) is 11.8 Å². The first-order valence-electron chi connectivity index (χ1n) is 8.56. The summed E-state index contributed by atoms with van der Waals surface area (Å²) in [6, 6.07) is 9.19. The monoisotopic (exact) mass is 417 g/mol. The molecule has 0 fully saturated rings. The number of nitro groups is 1. The van der Waals surface area contributed by atoms with Gasteiger partial charge in [0.2, 0.25) is 0 Å². The first kappa shape index (κ1) is 20.3. The second-order valence-electron chi connectivity index (χ2n) is 6.58. The Morgan fingerprint density at radius 3 is 2.59 bits per heavy atom. The number of fused-ring (bicyclic) bond motifs is 1. The van der Waals surface area contributed by atoms with E-state index in [1.807, 2.05) is 13.0 Å². The van der Waals surface area contributed by atoms with Crippen molar-refractivity contribution in [3.8, 4) is 0 Å². The van der Waals surface area contributed by atoms with Crippen molar-refractivity contribution in [1.82, 2.24) is 4.57 Å². The van der Waals surface area contributed by atoms with Gasteiger partial charge in [0.25, 0.3) is 15.7 Å². The molecule has 0 aliphatic carbocycles. The largest absolute Gasteiger partial charge is 0.468 e. The number of benzene rings is 2. The number of anilines is 1. The molecule has 0 radical (unpaired) electrons. The molecule has 0 saturated heterocycles. The average Bonchev–Trinajstić information content (AvgIpc) is 3.03. The smallest absolute Gasteiger partial charge is 0.325 e. The summed E-state index contributed by atoms with van der Waals surface area (Å²) in [5.41, 5.74) is 2.11. The number of esters is 1. The molecule has 0 amide bonds. The Morgan fingerprint density at radius 2 is 1.93 bits per heavy atom. The van der Waals surface area contributed by atoms with E-state index < -0.39 is 20.9 Å². The van der Waals surface area contributed by atoms with Gasteiger partial charge in [0, 0.05) is 23.7 Å². The molecule has 0 atom stereocenters. The summed E-state index contributed by atoms with van der Waals surface area (Å²) < 4.78 is 34.8. The fraction of sp³-hybridized carbons (Fsp3) is 0.211. The number of aromatic nitrogens is 1. The Labute approximate surface area is 167 Å². The van der Waals surface area contributed by atoms with Crippen LogP contribution in [0.2, 0.25) is 0 Å². The molecular weight excluding hydrogens is 398 g/mol. The molecule has 3 rings (SSSR count). The molecule has 0 aliphatic rings. The molecule has 3 aromatic rings. The van der Waals surface area contributed by atoms with Gasteiger partial charge >= 0.3 is 5.97 Å². The van der Waals surface area contributed by atoms with Crippen molar-refractivity contribution < 1.29 is 22.9 Å². The normalized spacial score (nSPS) is 11.4. The average molecular weight is 417 g/mol. The molecule has 0 aliphatic heterocycles. The van der Waals surface area contributed by atoms with Gasteiger partial charge in [0.1, 0.15) is 11.4 Å². The first-order chi connectivity index (χ1) is 13.6. The van der Waals surface area contributed by atoms with Crippen LogP contribution in [0, 0.1) is 24.0 Å². The topological polar surface area (TPSA) is 121 Å². The highest BCUT2D eigenvalue weighted by Crippen LogP contribution is 2.31. The lowest BCUT2D eigenvalue weighted by atomic mass is 10.1. The number of carbonyl (C=O) groups is 1. The summed E-state index contributed by atoms with van der Waals surface area (Å²) in [4.78, 5) is 22.1. The maximum absolute atomic E-state index is 13.1. The van der Waals surface area contributed by atoms with Crippen LogP contribution in [0.25, 0.3) is 10.9 Å². The fourth-order valence-electron chi connectivity index (χ4n) is 2.96. The molecule has 10 heteroatoms. The van der Waals surface area contributed by atoms with E-state index in [1.54, 1.807) is 19.1 Å². The number of hydrogen-bond acceptors (Lipinski definition) is 6. The maximum atomic E-state index is 13.1. The lowest BCUT2D eigenvalue weighted by molar-refractivity contribution is -0.384. The fourth-order valence-corrected chi connectivity index (χ4v) is 4.30. The molecule has 1 heterocycles. The zero-order valence-corrected chi connectivity index (χ0v) is 16.8. The van der Waals surface area contributed by atoms with Crippen molar-refractivity contribution in [2.24, 2.45) is 0 Å². The van der Waals surface area contributed by atoms with Crippen molar-refractivity contribution in [3.05, 3.63) is 63.8 Å². The molecule has 0 spiro atoms. The van der Waals surface area contributed by atoms with Gasteiger partial charge in [0.05, 0.1) is 23.2 Å². The van der Waals surface area contributed by atoms with Crippen LogP contribution in [-0.2, 0) is 26.1 Å².